The van der Waals surface area contributed by atoms with Gasteiger partial charge in [-0.3, -0.25) is 10.1 Å². The number of fused-ring (bicyclic) bond motifs is 1. The molecule has 3 rings (SSSR count). The fourth-order valence-corrected chi connectivity index (χ4v) is 2.73. The second kappa shape index (κ2) is 7.17. The number of hydrogen-bond acceptors (Lipinski definition) is 3. The van der Waals surface area contributed by atoms with Crippen molar-refractivity contribution in [2.75, 3.05) is 12.4 Å². The van der Waals surface area contributed by atoms with Crippen molar-refractivity contribution in [1.82, 2.24) is 9.55 Å². The summed E-state index contributed by atoms with van der Waals surface area (Å²) in [5, 5.41) is 2.93. The fourth-order valence-electron chi connectivity index (χ4n) is 2.73. The minimum absolute atomic E-state index is 0.0316. The Labute approximate surface area is 141 Å². The first-order valence-electron chi connectivity index (χ1n) is 8.09. The lowest BCUT2D eigenvalue weighted by molar-refractivity contribution is -0.116. The highest BCUT2D eigenvalue weighted by Gasteiger charge is 2.12. The number of nitrogens with zero attached hydrogens (tertiary/aromatic N) is 2. The maximum Gasteiger partial charge on any atom is 0.227 e. The molecule has 1 aromatic heterocycles. The van der Waals surface area contributed by atoms with Crippen LogP contribution in [0.4, 0.5) is 5.95 Å². The molecule has 124 valence electrons. The Kier molecular flexibility index (Phi) is 4.79. The van der Waals surface area contributed by atoms with Gasteiger partial charge >= 0.3 is 0 Å². The monoisotopic (exact) mass is 323 g/mol. The van der Waals surface area contributed by atoms with Crippen LogP contribution in [0.25, 0.3) is 11.0 Å². The second-order valence-corrected chi connectivity index (χ2v) is 5.56. The van der Waals surface area contributed by atoms with Crippen LogP contribution >= 0.6 is 0 Å². The number of carbonyl (C=O) groups excluding carboxylic acids is 1. The molecule has 24 heavy (non-hydrogen) atoms. The maximum atomic E-state index is 12.3. The number of hydrogen-bond donors (Lipinski definition) is 1. The third kappa shape index (κ3) is 3.40. The normalized spacial score (nSPS) is 10.8. The number of nitrogens with one attached hydrogen (secondary N) is 1. The van der Waals surface area contributed by atoms with E-state index in [-0.39, 0.29) is 5.91 Å². The summed E-state index contributed by atoms with van der Waals surface area (Å²) >= 11 is 0. The van der Waals surface area contributed by atoms with Crippen LogP contribution in [0.2, 0.25) is 0 Å². The van der Waals surface area contributed by atoms with Crippen molar-refractivity contribution in [1.29, 1.82) is 0 Å². The summed E-state index contributed by atoms with van der Waals surface area (Å²) in [4.78, 5) is 16.8. The van der Waals surface area contributed by atoms with Gasteiger partial charge in [-0.25, -0.2) is 4.98 Å². The number of aromatic nitrogens is 2. The van der Waals surface area contributed by atoms with Crippen molar-refractivity contribution in [2.24, 2.45) is 0 Å². The predicted octanol–water partition coefficient (Wildman–Crippen LogP) is 3.64. The van der Waals surface area contributed by atoms with Crippen molar-refractivity contribution in [3.63, 3.8) is 0 Å². The van der Waals surface area contributed by atoms with Crippen molar-refractivity contribution in [3.05, 3.63) is 54.1 Å². The molecule has 0 bridgehead atoms. The molecule has 0 atom stereocenters. The smallest absolute Gasteiger partial charge is 0.227 e. The number of ether oxygens (including phenoxy) is 1. The summed E-state index contributed by atoms with van der Waals surface area (Å²) < 4.78 is 7.15. The van der Waals surface area contributed by atoms with Crippen LogP contribution in [-0.2, 0) is 17.8 Å². The summed E-state index contributed by atoms with van der Waals surface area (Å²) in [6.45, 7) is 2.80. The predicted molar refractivity (Wildman–Crippen MR) is 95.4 cm³/mol. The summed E-state index contributed by atoms with van der Waals surface area (Å²) in [7, 11) is 1.64. The second-order valence-electron chi connectivity index (χ2n) is 5.56. The molecule has 1 N–H and O–H groups in total. The number of anilines is 1. The van der Waals surface area contributed by atoms with Crippen molar-refractivity contribution < 1.29 is 9.53 Å². The molecule has 0 unspecified atom stereocenters. The lowest BCUT2D eigenvalue weighted by Gasteiger charge is -2.08. The van der Waals surface area contributed by atoms with E-state index < -0.39 is 0 Å². The molecule has 5 nitrogen and oxygen atoms in total. The van der Waals surface area contributed by atoms with Gasteiger partial charge in [0, 0.05) is 13.0 Å². The average Bonchev–Trinajstić information content (AvgIpc) is 2.97. The zero-order valence-electron chi connectivity index (χ0n) is 14.0. The van der Waals surface area contributed by atoms with E-state index in [1.54, 1.807) is 7.11 Å². The first-order chi connectivity index (χ1) is 11.7. The van der Waals surface area contributed by atoms with Crippen molar-refractivity contribution in [3.8, 4) is 5.75 Å². The molecule has 0 radical (unpaired) electrons. The largest absolute Gasteiger partial charge is 0.497 e. The number of aryl methyl sites for hydroxylation is 2. The fraction of sp³-hybridized carbons (Fsp3) is 0.263. The third-order valence-electron chi connectivity index (χ3n) is 4.02. The number of carbonyl (C=O) groups is 1. The Bertz CT molecular complexity index is 837. The lowest BCUT2D eigenvalue weighted by atomic mass is 10.1. The van der Waals surface area contributed by atoms with Crippen LogP contribution in [0, 0.1) is 0 Å². The van der Waals surface area contributed by atoms with Gasteiger partial charge in [-0.2, -0.15) is 0 Å². The van der Waals surface area contributed by atoms with Gasteiger partial charge in [-0.1, -0.05) is 24.3 Å². The topological polar surface area (TPSA) is 56.2 Å². The minimum Gasteiger partial charge on any atom is -0.497 e. The molecular weight excluding hydrogens is 302 g/mol. The molecule has 0 aliphatic heterocycles. The van der Waals surface area contributed by atoms with Crippen LogP contribution in [0.15, 0.2) is 48.5 Å². The van der Waals surface area contributed by atoms with Crippen LogP contribution in [0.3, 0.4) is 0 Å². The molecule has 0 aliphatic rings. The molecule has 1 heterocycles. The quantitative estimate of drug-likeness (QED) is 0.753. The van der Waals surface area contributed by atoms with Gasteiger partial charge in [0.1, 0.15) is 5.75 Å². The first kappa shape index (κ1) is 16.1. The number of methoxy groups -OCH3 is 1. The van der Waals surface area contributed by atoms with Gasteiger partial charge in [0.25, 0.3) is 0 Å². The van der Waals surface area contributed by atoms with Gasteiger partial charge in [0.15, 0.2) is 0 Å². The van der Waals surface area contributed by atoms with E-state index in [2.05, 4.69) is 10.3 Å². The van der Waals surface area contributed by atoms with Crippen LogP contribution < -0.4 is 10.1 Å². The number of para-hydroxylation sites is 2. The number of rotatable bonds is 6. The molecule has 0 fully saturated rings. The summed E-state index contributed by atoms with van der Waals surface area (Å²) in [6.07, 6.45) is 1.10. The molecule has 2 aromatic carbocycles. The number of benzene rings is 2. The van der Waals surface area contributed by atoms with Crippen LogP contribution in [-0.4, -0.2) is 22.6 Å². The highest BCUT2D eigenvalue weighted by atomic mass is 16.5. The Balaban J connectivity index is 1.66. The van der Waals surface area contributed by atoms with Gasteiger partial charge in [0.2, 0.25) is 11.9 Å². The summed E-state index contributed by atoms with van der Waals surface area (Å²) in [6, 6.07) is 15.7. The standard InChI is InChI=1S/C19H21N3O2/c1-3-22-17-7-5-4-6-16(17)20-19(22)21-18(23)13-10-14-8-11-15(24-2)12-9-14/h4-9,11-12H,3,10,13H2,1-2H3,(H,20,21,23). The first-order valence-corrected chi connectivity index (χ1v) is 8.09. The highest BCUT2D eigenvalue weighted by molar-refractivity contribution is 5.91. The van der Waals surface area contributed by atoms with E-state index in [0.29, 0.717) is 18.8 Å². The number of amides is 1. The summed E-state index contributed by atoms with van der Waals surface area (Å²) in [5.41, 5.74) is 3.03. The highest BCUT2D eigenvalue weighted by Crippen LogP contribution is 2.19. The van der Waals surface area contributed by atoms with E-state index in [4.69, 9.17) is 4.74 Å². The third-order valence-corrected chi connectivity index (χ3v) is 4.02. The molecule has 5 heteroatoms. The molecule has 1 amide bonds. The van der Waals surface area contributed by atoms with E-state index >= 15 is 0 Å². The maximum absolute atomic E-state index is 12.3. The average molecular weight is 323 g/mol. The van der Waals surface area contributed by atoms with Crippen molar-refractivity contribution >= 4 is 22.9 Å². The van der Waals surface area contributed by atoms with Gasteiger partial charge in [0.05, 0.1) is 18.1 Å². The van der Waals surface area contributed by atoms with Crippen LogP contribution in [0.5, 0.6) is 5.75 Å². The molecule has 0 saturated carbocycles. The summed E-state index contributed by atoms with van der Waals surface area (Å²) in [5.74, 6) is 1.40. The van der Waals surface area contributed by atoms with E-state index in [0.717, 1.165) is 28.9 Å². The zero-order valence-corrected chi connectivity index (χ0v) is 14.0. The Morgan fingerprint density at radius 3 is 2.62 bits per heavy atom. The zero-order chi connectivity index (χ0) is 16.9. The SMILES string of the molecule is CCn1c(NC(=O)CCc2ccc(OC)cc2)nc2ccccc21. The Morgan fingerprint density at radius 1 is 1.17 bits per heavy atom. The Morgan fingerprint density at radius 2 is 1.92 bits per heavy atom. The van der Waals surface area contributed by atoms with Crippen molar-refractivity contribution in [2.45, 2.75) is 26.3 Å². The van der Waals surface area contributed by atoms with Gasteiger partial charge in [-0.15, -0.1) is 0 Å². The Hall–Kier alpha value is -2.82. The van der Waals surface area contributed by atoms with Gasteiger partial charge < -0.3 is 9.30 Å². The van der Waals surface area contributed by atoms with E-state index in [1.165, 1.54) is 0 Å². The lowest BCUT2D eigenvalue weighted by Crippen LogP contribution is -2.16. The van der Waals surface area contributed by atoms with Gasteiger partial charge in [-0.05, 0) is 43.2 Å². The molecule has 3 aromatic rings. The minimum atomic E-state index is -0.0316. The molecular formula is C19H21N3O2. The van der Waals surface area contributed by atoms with Crippen LogP contribution in [0.1, 0.15) is 18.9 Å². The molecule has 0 aliphatic carbocycles. The molecule has 0 saturated heterocycles. The molecule has 0 spiro atoms. The number of imidazole rings is 1. The van der Waals surface area contributed by atoms with E-state index in [9.17, 15) is 4.79 Å². The van der Waals surface area contributed by atoms with E-state index in [1.807, 2.05) is 60.0 Å².